The van der Waals surface area contributed by atoms with E-state index >= 15 is 0 Å². The average Bonchev–Trinajstić information content (AvgIpc) is 3.35. The van der Waals surface area contributed by atoms with Gasteiger partial charge in [0.2, 0.25) is 0 Å². The second kappa shape index (κ2) is 13.1. The Kier molecular flexibility index (Phi) is 8.76. The number of para-hydroxylation sites is 1. The van der Waals surface area contributed by atoms with Gasteiger partial charge >= 0.3 is 0 Å². The molecule has 0 N–H and O–H groups in total. The Labute approximate surface area is 273 Å². The summed E-state index contributed by atoms with van der Waals surface area (Å²) in [6.07, 6.45) is 1.72. The predicted molar refractivity (Wildman–Crippen MR) is 186 cm³/mol. The number of aromatic nitrogens is 3. The summed E-state index contributed by atoms with van der Waals surface area (Å²) in [7, 11) is 1.67. The highest BCUT2D eigenvalue weighted by atomic mass is 19.1. The van der Waals surface area contributed by atoms with Crippen molar-refractivity contribution >= 4 is 17.1 Å². The molecular weight excluding hydrogens is 591 g/mol. The first-order chi connectivity index (χ1) is 22.6. The Morgan fingerprint density at radius 3 is 2.36 bits per heavy atom. The van der Waals surface area contributed by atoms with Gasteiger partial charge in [0.25, 0.3) is 5.56 Å². The van der Waals surface area contributed by atoms with Gasteiger partial charge in [-0.1, -0.05) is 38.1 Å². The number of halogens is 1. The Morgan fingerprint density at radius 1 is 0.936 bits per heavy atom. The summed E-state index contributed by atoms with van der Waals surface area (Å²) in [6, 6.07) is 27.5. The summed E-state index contributed by atoms with van der Waals surface area (Å²) in [5, 5.41) is 5.27. The molecule has 6 aromatic rings. The number of hydrogen-bond acceptors (Lipinski definition) is 5. The van der Waals surface area contributed by atoms with Gasteiger partial charge < -0.3 is 14.0 Å². The van der Waals surface area contributed by atoms with Gasteiger partial charge in [0, 0.05) is 28.2 Å². The van der Waals surface area contributed by atoms with Crippen LogP contribution >= 0.6 is 0 Å². The maximum Gasteiger partial charge on any atom is 0.282 e. The van der Waals surface area contributed by atoms with Gasteiger partial charge in [-0.2, -0.15) is 9.78 Å². The zero-order valence-electron chi connectivity index (χ0n) is 27.4. The normalized spacial score (nSPS) is 11.6. The van der Waals surface area contributed by atoms with Crippen molar-refractivity contribution in [1.82, 2.24) is 14.2 Å². The first-order valence-corrected chi connectivity index (χ1v) is 15.6. The Balaban J connectivity index is 1.36. The number of aryl methyl sites for hydroxylation is 2. The van der Waals surface area contributed by atoms with Gasteiger partial charge in [-0.3, -0.25) is 4.79 Å². The number of benzene rings is 4. The van der Waals surface area contributed by atoms with Crippen LogP contribution in [-0.4, -0.2) is 27.6 Å². The third-order valence-corrected chi connectivity index (χ3v) is 8.39. The molecule has 4 aromatic carbocycles. The number of methoxy groups -OCH3 is 1. The smallest absolute Gasteiger partial charge is 0.282 e. The summed E-state index contributed by atoms with van der Waals surface area (Å²) >= 11 is 0. The molecule has 47 heavy (non-hydrogen) atoms. The van der Waals surface area contributed by atoms with Crippen molar-refractivity contribution in [3.8, 4) is 28.6 Å². The van der Waals surface area contributed by atoms with Crippen LogP contribution < -0.4 is 15.0 Å². The van der Waals surface area contributed by atoms with Crippen LogP contribution in [0.4, 0.5) is 4.39 Å². The van der Waals surface area contributed by atoms with Gasteiger partial charge in [-0.25, -0.2) is 9.37 Å². The Bertz CT molecular complexity index is 2160. The summed E-state index contributed by atoms with van der Waals surface area (Å²) in [4.78, 5) is 18.9. The minimum absolute atomic E-state index is 0.203. The number of fused-ring (bicyclic) bond motifs is 1. The van der Waals surface area contributed by atoms with Crippen molar-refractivity contribution in [3.05, 3.63) is 141 Å². The molecule has 0 amide bonds. The van der Waals surface area contributed by atoms with E-state index in [0.29, 0.717) is 29.1 Å². The lowest BCUT2D eigenvalue weighted by molar-refractivity contribution is 0.306. The molecule has 0 spiro atoms. The molecule has 0 unspecified atom stereocenters. The Morgan fingerprint density at radius 2 is 1.66 bits per heavy atom. The third kappa shape index (κ3) is 6.31. The summed E-state index contributed by atoms with van der Waals surface area (Å²) < 4.78 is 28.3. The molecule has 0 radical (unpaired) electrons. The SMILES string of the molecule is COc1cc(C)c(-c2nc3ccccc3c(=O)n2N=Cc2cc(C)n(-c3ccc(OCc4ccc(F)cc4)cc3)c2C)cc1C(C)C. The molecule has 0 aliphatic heterocycles. The molecule has 6 rings (SSSR count). The van der Waals surface area contributed by atoms with Crippen LogP contribution in [0.2, 0.25) is 0 Å². The van der Waals surface area contributed by atoms with Gasteiger partial charge in [-0.05, 0) is 110 Å². The second-order valence-corrected chi connectivity index (χ2v) is 11.9. The fourth-order valence-electron chi connectivity index (χ4n) is 5.85. The minimum Gasteiger partial charge on any atom is -0.496 e. The van der Waals surface area contributed by atoms with E-state index in [-0.39, 0.29) is 17.3 Å². The van der Waals surface area contributed by atoms with Gasteiger partial charge in [0.1, 0.15) is 23.9 Å². The molecule has 8 heteroatoms. The zero-order chi connectivity index (χ0) is 33.2. The quantitative estimate of drug-likeness (QED) is 0.151. The lowest BCUT2D eigenvalue weighted by Crippen LogP contribution is -2.21. The van der Waals surface area contributed by atoms with Crippen molar-refractivity contribution in [2.24, 2.45) is 5.10 Å². The molecule has 2 heterocycles. The monoisotopic (exact) mass is 628 g/mol. The van der Waals surface area contributed by atoms with Crippen LogP contribution in [0.25, 0.3) is 28.0 Å². The van der Waals surface area contributed by atoms with Crippen molar-refractivity contribution in [2.45, 2.75) is 47.1 Å². The highest BCUT2D eigenvalue weighted by molar-refractivity contribution is 5.84. The second-order valence-electron chi connectivity index (χ2n) is 11.9. The lowest BCUT2D eigenvalue weighted by Gasteiger charge is -2.17. The van der Waals surface area contributed by atoms with E-state index in [1.54, 1.807) is 31.5 Å². The summed E-state index contributed by atoms with van der Waals surface area (Å²) in [5.74, 6) is 1.92. The van der Waals surface area contributed by atoms with Crippen LogP contribution in [0.15, 0.2) is 101 Å². The van der Waals surface area contributed by atoms with Crippen LogP contribution in [0, 0.1) is 26.6 Å². The first kappa shape index (κ1) is 31.5. The zero-order valence-corrected chi connectivity index (χ0v) is 27.4. The third-order valence-electron chi connectivity index (χ3n) is 8.39. The summed E-state index contributed by atoms with van der Waals surface area (Å²) in [5.41, 5.74) is 7.87. The first-order valence-electron chi connectivity index (χ1n) is 15.6. The van der Waals surface area contributed by atoms with E-state index in [4.69, 9.17) is 19.6 Å². The van der Waals surface area contributed by atoms with Crippen LogP contribution in [0.5, 0.6) is 11.5 Å². The predicted octanol–water partition coefficient (Wildman–Crippen LogP) is 8.51. The molecular formula is C39H37FN4O3. The van der Waals surface area contributed by atoms with Crippen molar-refractivity contribution in [1.29, 1.82) is 0 Å². The molecule has 2 aromatic heterocycles. The number of nitrogens with zero attached hydrogens (tertiary/aromatic N) is 4. The van der Waals surface area contributed by atoms with Crippen LogP contribution in [-0.2, 0) is 6.61 Å². The van der Waals surface area contributed by atoms with Crippen molar-refractivity contribution in [3.63, 3.8) is 0 Å². The van der Waals surface area contributed by atoms with E-state index in [1.807, 2.05) is 75.4 Å². The minimum atomic E-state index is -0.269. The molecule has 0 bridgehead atoms. The van der Waals surface area contributed by atoms with Crippen molar-refractivity contribution in [2.75, 3.05) is 7.11 Å². The molecule has 0 atom stereocenters. The van der Waals surface area contributed by atoms with Crippen LogP contribution in [0.3, 0.4) is 0 Å². The molecule has 7 nitrogen and oxygen atoms in total. The number of rotatable bonds is 9. The van der Waals surface area contributed by atoms with Gasteiger partial charge in [-0.15, -0.1) is 0 Å². The van der Waals surface area contributed by atoms with E-state index in [1.165, 1.54) is 16.8 Å². The largest absolute Gasteiger partial charge is 0.496 e. The van der Waals surface area contributed by atoms with Crippen molar-refractivity contribution < 1.29 is 13.9 Å². The van der Waals surface area contributed by atoms with Gasteiger partial charge in [0.05, 0.1) is 24.2 Å². The molecule has 0 saturated carbocycles. The highest BCUT2D eigenvalue weighted by Gasteiger charge is 2.19. The highest BCUT2D eigenvalue weighted by Crippen LogP contribution is 2.34. The van der Waals surface area contributed by atoms with E-state index in [0.717, 1.165) is 50.6 Å². The topological polar surface area (TPSA) is 70.6 Å². The van der Waals surface area contributed by atoms with Crippen LogP contribution in [0.1, 0.15) is 53.4 Å². The van der Waals surface area contributed by atoms with Gasteiger partial charge in [0.15, 0.2) is 5.82 Å². The number of hydrogen-bond donors (Lipinski definition) is 0. The van der Waals surface area contributed by atoms with E-state index < -0.39 is 0 Å². The maximum atomic E-state index is 13.9. The summed E-state index contributed by atoms with van der Waals surface area (Å²) in [6.45, 7) is 10.6. The lowest BCUT2D eigenvalue weighted by atomic mass is 9.96. The fraction of sp³-hybridized carbons (Fsp3) is 0.205. The molecule has 0 aliphatic rings. The molecule has 0 aliphatic carbocycles. The standard InChI is InChI=1S/C39H37FN4O3/c1-24(2)34-21-35(25(3)19-37(34)46-6)38-42-36-10-8-7-9-33(36)39(45)44(38)41-22-29-20-26(4)43(27(29)5)31-15-17-32(18-16-31)47-23-28-11-13-30(40)14-12-28/h7-22,24H,23H2,1-6H3. The van der Waals surface area contributed by atoms with E-state index in [2.05, 4.69) is 24.5 Å². The average molecular weight is 629 g/mol. The molecule has 238 valence electrons. The number of ether oxygens (including phenoxy) is 2. The van der Waals surface area contributed by atoms with E-state index in [9.17, 15) is 9.18 Å². The Hall–Kier alpha value is -5.50. The maximum absolute atomic E-state index is 13.9. The molecule has 0 fully saturated rings. The fourth-order valence-corrected chi connectivity index (χ4v) is 5.85. The molecule has 0 saturated heterocycles.